The summed E-state index contributed by atoms with van der Waals surface area (Å²) in [5.41, 5.74) is -1.08. The number of hydrogen-bond donors (Lipinski definition) is 2. The second-order valence-corrected chi connectivity index (χ2v) is 4.20. The molecule has 0 atom stereocenters. The van der Waals surface area contributed by atoms with Gasteiger partial charge in [0, 0.05) is 6.54 Å². The van der Waals surface area contributed by atoms with Crippen LogP contribution in [0.1, 0.15) is 45.4 Å². The molecule has 15 heavy (non-hydrogen) atoms. The Hall–Kier alpha value is -1.06. The van der Waals surface area contributed by atoms with Gasteiger partial charge in [0.2, 0.25) is 5.91 Å². The molecule has 0 aliphatic heterocycles. The van der Waals surface area contributed by atoms with Crippen molar-refractivity contribution in [1.29, 1.82) is 0 Å². The van der Waals surface area contributed by atoms with Crippen molar-refractivity contribution in [3.05, 3.63) is 0 Å². The second-order valence-electron chi connectivity index (χ2n) is 4.20. The van der Waals surface area contributed by atoms with E-state index in [1.807, 2.05) is 0 Å². The maximum atomic E-state index is 11.5. The number of carbonyl (C=O) groups excluding carboxylic acids is 1. The van der Waals surface area contributed by atoms with Crippen molar-refractivity contribution < 1.29 is 14.7 Å². The molecule has 1 aliphatic carbocycles. The van der Waals surface area contributed by atoms with Crippen LogP contribution in [-0.2, 0) is 9.59 Å². The molecule has 86 valence electrons. The van der Waals surface area contributed by atoms with Crippen molar-refractivity contribution >= 4 is 11.9 Å². The lowest BCUT2D eigenvalue weighted by atomic mass is 10.1. The Bertz CT molecular complexity index is 246. The molecule has 0 spiro atoms. The van der Waals surface area contributed by atoms with Gasteiger partial charge in [-0.05, 0) is 19.3 Å². The van der Waals surface area contributed by atoms with Gasteiger partial charge < -0.3 is 10.4 Å². The van der Waals surface area contributed by atoms with E-state index in [1.54, 1.807) is 0 Å². The maximum absolute atomic E-state index is 11.5. The molecule has 0 aromatic rings. The zero-order valence-electron chi connectivity index (χ0n) is 9.21. The van der Waals surface area contributed by atoms with E-state index in [9.17, 15) is 9.59 Å². The van der Waals surface area contributed by atoms with Gasteiger partial charge in [0.15, 0.2) is 0 Å². The monoisotopic (exact) mass is 213 g/mol. The number of aliphatic carboxylic acids is 1. The highest BCUT2D eigenvalue weighted by Crippen LogP contribution is 2.45. The molecule has 0 bridgehead atoms. The highest BCUT2D eigenvalue weighted by atomic mass is 16.4. The summed E-state index contributed by atoms with van der Waals surface area (Å²) in [6.45, 7) is 2.73. The second kappa shape index (κ2) is 5.14. The highest BCUT2D eigenvalue weighted by Gasteiger charge is 2.56. The molecular formula is C11H19NO3. The third-order valence-electron chi connectivity index (χ3n) is 2.91. The van der Waals surface area contributed by atoms with Gasteiger partial charge >= 0.3 is 5.97 Å². The molecule has 0 aromatic heterocycles. The van der Waals surface area contributed by atoms with Crippen molar-refractivity contribution in [2.24, 2.45) is 5.41 Å². The normalized spacial score (nSPS) is 17.1. The molecule has 0 unspecified atom stereocenters. The number of carboxylic acids is 1. The first-order chi connectivity index (χ1) is 7.13. The number of amides is 1. The predicted molar refractivity (Wildman–Crippen MR) is 56.5 cm³/mol. The summed E-state index contributed by atoms with van der Waals surface area (Å²) in [5, 5.41) is 11.6. The van der Waals surface area contributed by atoms with E-state index < -0.39 is 11.4 Å². The molecule has 1 saturated carbocycles. The average molecular weight is 213 g/mol. The van der Waals surface area contributed by atoms with Gasteiger partial charge in [-0.15, -0.1) is 0 Å². The molecule has 2 N–H and O–H groups in total. The topological polar surface area (TPSA) is 66.4 Å². The highest BCUT2D eigenvalue weighted by molar-refractivity contribution is 6.04. The number of nitrogens with one attached hydrogen (secondary N) is 1. The third-order valence-corrected chi connectivity index (χ3v) is 2.91. The van der Waals surface area contributed by atoms with Crippen molar-refractivity contribution in [2.45, 2.75) is 45.4 Å². The van der Waals surface area contributed by atoms with E-state index in [1.165, 1.54) is 6.42 Å². The minimum atomic E-state index is -1.08. The molecular weight excluding hydrogens is 194 g/mol. The van der Waals surface area contributed by atoms with Gasteiger partial charge in [-0.1, -0.05) is 26.2 Å². The first kappa shape index (κ1) is 12.0. The lowest BCUT2D eigenvalue weighted by Crippen LogP contribution is -2.37. The molecule has 0 saturated heterocycles. The first-order valence-electron chi connectivity index (χ1n) is 5.65. The van der Waals surface area contributed by atoms with Crippen molar-refractivity contribution in [2.75, 3.05) is 6.54 Å². The fourth-order valence-corrected chi connectivity index (χ4v) is 1.59. The van der Waals surface area contributed by atoms with Gasteiger partial charge in [-0.2, -0.15) is 0 Å². The molecule has 1 amide bonds. The molecule has 1 aliphatic rings. The van der Waals surface area contributed by atoms with Crippen LogP contribution in [0.25, 0.3) is 0 Å². The van der Waals surface area contributed by atoms with E-state index in [0.29, 0.717) is 19.4 Å². The maximum Gasteiger partial charge on any atom is 0.319 e. The Morgan fingerprint density at radius 1 is 1.27 bits per heavy atom. The van der Waals surface area contributed by atoms with Crippen LogP contribution in [-0.4, -0.2) is 23.5 Å². The van der Waals surface area contributed by atoms with E-state index in [2.05, 4.69) is 12.2 Å². The molecule has 4 nitrogen and oxygen atoms in total. The van der Waals surface area contributed by atoms with Crippen molar-refractivity contribution in [3.8, 4) is 0 Å². The van der Waals surface area contributed by atoms with Crippen LogP contribution in [0, 0.1) is 5.41 Å². The van der Waals surface area contributed by atoms with Gasteiger partial charge in [-0.25, -0.2) is 0 Å². The number of carboxylic acid groups (broad SMARTS) is 1. The van der Waals surface area contributed by atoms with Gasteiger partial charge in [0.1, 0.15) is 5.41 Å². The van der Waals surface area contributed by atoms with E-state index in [0.717, 1.165) is 19.3 Å². The summed E-state index contributed by atoms with van der Waals surface area (Å²) >= 11 is 0. The quantitative estimate of drug-likeness (QED) is 0.498. The molecule has 0 radical (unpaired) electrons. The largest absolute Gasteiger partial charge is 0.480 e. The summed E-state index contributed by atoms with van der Waals surface area (Å²) in [6, 6.07) is 0. The Kier molecular flexibility index (Phi) is 4.12. The number of rotatable bonds is 7. The van der Waals surface area contributed by atoms with Crippen LogP contribution in [0.15, 0.2) is 0 Å². The first-order valence-corrected chi connectivity index (χ1v) is 5.65. The van der Waals surface area contributed by atoms with Crippen LogP contribution in [0.5, 0.6) is 0 Å². The fraction of sp³-hybridized carbons (Fsp3) is 0.818. The average Bonchev–Trinajstić information content (AvgIpc) is 2.97. The number of unbranched alkanes of at least 4 members (excludes halogenated alkanes) is 3. The zero-order chi connectivity index (χ0) is 11.3. The Morgan fingerprint density at radius 3 is 2.40 bits per heavy atom. The lowest BCUT2D eigenvalue weighted by Gasteiger charge is -2.10. The molecule has 1 rings (SSSR count). The van der Waals surface area contributed by atoms with E-state index in [-0.39, 0.29) is 5.91 Å². The van der Waals surface area contributed by atoms with Gasteiger partial charge in [-0.3, -0.25) is 9.59 Å². The minimum absolute atomic E-state index is 0.300. The summed E-state index contributed by atoms with van der Waals surface area (Å²) in [6.07, 6.45) is 5.34. The van der Waals surface area contributed by atoms with E-state index >= 15 is 0 Å². The fourth-order valence-electron chi connectivity index (χ4n) is 1.59. The van der Waals surface area contributed by atoms with Crippen LogP contribution >= 0.6 is 0 Å². The van der Waals surface area contributed by atoms with E-state index in [4.69, 9.17) is 5.11 Å². The van der Waals surface area contributed by atoms with Crippen molar-refractivity contribution in [3.63, 3.8) is 0 Å². The van der Waals surface area contributed by atoms with Crippen molar-refractivity contribution in [1.82, 2.24) is 5.32 Å². The standard InChI is InChI=1S/C11H19NO3/c1-2-3-4-5-8-12-9(13)11(6-7-11)10(14)15/h2-8H2,1H3,(H,12,13)(H,14,15). The smallest absolute Gasteiger partial charge is 0.319 e. The number of hydrogen-bond acceptors (Lipinski definition) is 2. The Morgan fingerprint density at radius 2 is 1.93 bits per heavy atom. The Labute approximate surface area is 90.0 Å². The molecule has 4 heteroatoms. The summed E-state index contributed by atoms with van der Waals surface area (Å²) < 4.78 is 0. The zero-order valence-corrected chi connectivity index (χ0v) is 9.21. The summed E-state index contributed by atoms with van der Waals surface area (Å²) in [5.74, 6) is -1.28. The molecule has 0 aromatic carbocycles. The Balaban J connectivity index is 2.17. The summed E-state index contributed by atoms with van der Waals surface area (Å²) in [4.78, 5) is 22.3. The molecule has 1 fully saturated rings. The van der Waals surface area contributed by atoms with Crippen LogP contribution in [0.3, 0.4) is 0 Å². The van der Waals surface area contributed by atoms with Crippen LogP contribution in [0.2, 0.25) is 0 Å². The van der Waals surface area contributed by atoms with Gasteiger partial charge in [0.05, 0.1) is 0 Å². The lowest BCUT2D eigenvalue weighted by molar-refractivity contribution is -0.149. The van der Waals surface area contributed by atoms with Gasteiger partial charge in [0.25, 0.3) is 0 Å². The minimum Gasteiger partial charge on any atom is -0.480 e. The van der Waals surface area contributed by atoms with Crippen LogP contribution < -0.4 is 5.32 Å². The van der Waals surface area contributed by atoms with Crippen LogP contribution in [0.4, 0.5) is 0 Å². The molecule has 0 heterocycles. The summed E-state index contributed by atoms with van der Waals surface area (Å²) in [7, 11) is 0. The SMILES string of the molecule is CCCCCCNC(=O)C1(C(=O)O)CC1. The number of carbonyl (C=O) groups is 2. The predicted octanol–water partition coefficient (Wildman–Crippen LogP) is 1.55. The third kappa shape index (κ3) is 2.94.